The highest BCUT2D eigenvalue weighted by molar-refractivity contribution is 5.83. The first-order valence-corrected chi connectivity index (χ1v) is 5.24. The normalized spacial score (nSPS) is 13.7. The van der Waals surface area contributed by atoms with Crippen LogP contribution in [0.3, 0.4) is 0 Å². The summed E-state index contributed by atoms with van der Waals surface area (Å²) < 4.78 is 24.9. The van der Waals surface area contributed by atoms with E-state index in [0.29, 0.717) is 6.92 Å². The number of rotatable bonds is 2. The molecule has 0 bridgehead atoms. The van der Waals surface area contributed by atoms with E-state index in [1.54, 1.807) is 6.92 Å². The van der Waals surface area contributed by atoms with E-state index in [1.165, 1.54) is 0 Å². The van der Waals surface area contributed by atoms with Crippen LogP contribution in [0.1, 0.15) is 48.5 Å². The van der Waals surface area contributed by atoms with Crippen molar-refractivity contribution in [3.8, 4) is 0 Å². The highest BCUT2D eigenvalue weighted by Crippen LogP contribution is 2.20. The topological polar surface area (TPSA) is 29.1 Å². The smallest absolute Gasteiger partial charge is 0.321 e. The zero-order chi connectivity index (χ0) is 12.9. The lowest BCUT2D eigenvalue weighted by Gasteiger charge is -2.28. The number of alkyl halides is 2. The Hall–Kier alpha value is -0.670. The van der Waals surface area contributed by atoms with Gasteiger partial charge in [-0.1, -0.05) is 34.6 Å². The average molecular weight is 223 g/mol. The van der Waals surface area contributed by atoms with Gasteiger partial charge in [0.2, 0.25) is 0 Å². The molecule has 1 atom stereocenters. The van der Waals surface area contributed by atoms with Gasteiger partial charge in [-0.3, -0.25) is 4.79 Å². The molecule has 0 saturated heterocycles. The largest absolute Gasteiger partial charge is 0.348 e. The molecule has 4 heteroatoms. The molecule has 0 aliphatic carbocycles. The van der Waals surface area contributed by atoms with Crippen molar-refractivity contribution in [3.63, 3.8) is 0 Å². The van der Waals surface area contributed by atoms with E-state index in [-0.39, 0.29) is 11.5 Å². The Labute approximate surface area is 91.4 Å². The molecule has 0 heterocycles. The van der Waals surface area contributed by atoms with Crippen LogP contribution >= 0.6 is 0 Å². The quantitative estimate of drug-likeness (QED) is 0.765. The van der Waals surface area contributed by atoms with Gasteiger partial charge in [0.25, 0.3) is 5.91 Å². The van der Waals surface area contributed by atoms with Crippen LogP contribution in [0.4, 0.5) is 8.78 Å². The van der Waals surface area contributed by atoms with Gasteiger partial charge in [0.05, 0.1) is 0 Å². The third kappa shape index (κ3) is 7.28. The maximum atomic E-state index is 12.5. The first-order valence-electron chi connectivity index (χ1n) is 5.24. The molecule has 1 unspecified atom stereocenters. The van der Waals surface area contributed by atoms with E-state index in [9.17, 15) is 13.6 Å². The molecule has 0 aliphatic rings. The minimum atomic E-state index is -3.29. The number of amides is 1. The lowest BCUT2D eigenvalue weighted by atomic mass is 9.88. The van der Waals surface area contributed by atoms with Crippen LogP contribution in [0.25, 0.3) is 0 Å². The third-order valence-electron chi connectivity index (χ3n) is 2.05. The van der Waals surface area contributed by atoms with Gasteiger partial charge in [-0.2, -0.15) is 8.78 Å². The van der Waals surface area contributed by atoms with Gasteiger partial charge in [0, 0.05) is 13.0 Å². The number of carbonyl (C=O) groups excluding carboxylic acids is 1. The lowest BCUT2D eigenvalue weighted by Crippen LogP contribution is -2.47. The van der Waals surface area contributed by atoms with Crippen LogP contribution in [0.15, 0.2) is 0 Å². The van der Waals surface area contributed by atoms with Crippen LogP contribution in [-0.4, -0.2) is 17.9 Å². The molecule has 2 nitrogen and oxygen atoms in total. The fraction of sp³-hybridized carbons (Fsp3) is 0.909. The van der Waals surface area contributed by atoms with Gasteiger partial charge in [-0.05, 0) is 12.3 Å². The number of hydrogen-bond donors (Lipinski definition) is 1. The van der Waals surface area contributed by atoms with Crippen molar-refractivity contribution in [1.82, 2.24) is 5.32 Å². The first kappa shape index (κ1) is 16.7. The van der Waals surface area contributed by atoms with Gasteiger partial charge in [-0.15, -0.1) is 0 Å². The molecule has 0 radical (unpaired) electrons. The van der Waals surface area contributed by atoms with Gasteiger partial charge in [-0.25, -0.2) is 0 Å². The molecule has 0 rings (SSSR count). The summed E-state index contributed by atoms with van der Waals surface area (Å²) >= 11 is 0. The van der Waals surface area contributed by atoms with Crippen LogP contribution in [0.2, 0.25) is 0 Å². The van der Waals surface area contributed by atoms with Gasteiger partial charge >= 0.3 is 5.92 Å². The number of hydrogen-bond acceptors (Lipinski definition) is 1. The zero-order valence-corrected chi connectivity index (χ0v) is 10.7. The average Bonchev–Trinajstić information content (AvgIpc) is 2.04. The van der Waals surface area contributed by atoms with Crippen LogP contribution in [0, 0.1) is 5.41 Å². The summed E-state index contributed by atoms with van der Waals surface area (Å²) in [7, 11) is 0. The molecule has 0 aliphatic heterocycles. The summed E-state index contributed by atoms with van der Waals surface area (Å²) in [5, 5.41) is 2.27. The maximum Gasteiger partial charge on any atom is 0.321 e. The van der Waals surface area contributed by atoms with Crippen LogP contribution in [-0.2, 0) is 4.79 Å². The monoisotopic (exact) mass is 223 g/mol. The maximum absolute atomic E-state index is 12.5. The lowest BCUT2D eigenvalue weighted by molar-refractivity contribution is -0.144. The molecule has 92 valence electrons. The van der Waals surface area contributed by atoms with E-state index >= 15 is 0 Å². The standard InChI is InChI=1S/C9H17F2NO.C2H6/c1-6(8(2,3)4)12-7(13)9(5,10)11;1-2/h6H,1-5H3,(H,12,13);1-2H3. The van der Waals surface area contributed by atoms with Crippen molar-refractivity contribution in [2.24, 2.45) is 5.41 Å². The highest BCUT2D eigenvalue weighted by atomic mass is 19.3. The van der Waals surface area contributed by atoms with E-state index in [1.807, 2.05) is 34.6 Å². The molecular formula is C11H23F2NO. The summed E-state index contributed by atoms with van der Waals surface area (Å²) in [5.41, 5.74) is -0.207. The fourth-order valence-electron chi connectivity index (χ4n) is 0.540. The van der Waals surface area contributed by atoms with Gasteiger partial charge in [0.15, 0.2) is 0 Å². The van der Waals surface area contributed by atoms with E-state index < -0.39 is 11.8 Å². The molecule has 0 fully saturated rings. The number of nitrogens with one attached hydrogen (secondary N) is 1. The second-order valence-electron chi connectivity index (χ2n) is 4.45. The molecule has 1 N–H and O–H groups in total. The Morgan fingerprint density at radius 3 is 1.67 bits per heavy atom. The van der Waals surface area contributed by atoms with Crippen molar-refractivity contribution >= 4 is 5.91 Å². The second kappa shape index (κ2) is 6.03. The van der Waals surface area contributed by atoms with Gasteiger partial charge < -0.3 is 5.32 Å². The Balaban J connectivity index is 0. The van der Waals surface area contributed by atoms with Crippen LogP contribution in [0.5, 0.6) is 0 Å². The minimum Gasteiger partial charge on any atom is -0.348 e. The van der Waals surface area contributed by atoms with Crippen LogP contribution < -0.4 is 5.32 Å². The molecule has 0 spiro atoms. The van der Waals surface area contributed by atoms with Crippen molar-refractivity contribution < 1.29 is 13.6 Å². The van der Waals surface area contributed by atoms with Crippen molar-refractivity contribution in [2.45, 2.75) is 60.4 Å². The molecule has 0 aromatic heterocycles. The molecule has 0 saturated carbocycles. The minimum absolute atomic E-state index is 0.207. The van der Waals surface area contributed by atoms with Crippen molar-refractivity contribution in [2.75, 3.05) is 0 Å². The predicted octanol–water partition coefficient (Wildman–Crippen LogP) is 3.22. The zero-order valence-electron chi connectivity index (χ0n) is 10.7. The van der Waals surface area contributed by atoms with Gasteiger partial charge in [0.1, 0.15) is 0 Å². The number of halogens is 2. The summed E-state index contributed by atoms with van der Waals surface area (Å²) in [6.45, 7) is 11.9. The summed E-state index contributed by atoms with van der Waals surface area (Å²) in [6.07, 6.45) is 0. The van der Waals surface area contributed by atoms with E-state index in [2.05, 4.69) is 5.32 Å². The van der Waals surface area contributed by atoms with Crippen molar-refractivity contribution in [1.29, 1.82) is 0 Å². The Bertz CT molecular complexity index is 192. The predicted molar refractivity (Wildman–Crippen MR) is 59.0 cm³/mol. The molecule has 1 amide bonds. The molecule has 0 aromatic carbocycles. The van der Waals surface area contributed by atoms with E-state index in [4.69, 9.17) is 0 Å². The number of carbonyl (C=O) groups is 1. The summed E-state index contributed by atoms with van der Waals surface area (Å²) in [4.78, 5) is 10.9. The molecular weight excluding hydrogens is 200 g/mol. The molecule has 0 aromatic rings. The van der Waals surface area contributed by atoms with E-state index in [0.717, 1.165) is 0 Å². The second-order valence-corrected chi connectivity index (χ2v) is 4.45. The highest BCUT2D eigenvalue weighted by Gasteiger charge is 2.34. The third-order valence-corrected chi connectivity index (χ3v) is 2.05. The Morgan fingerprint density at radius 1 is 1.13 bits per heavy atom. The molecule has 15 heavy (non-hydrogen) atoms. The summed E-state index contributed by atoms with van der Waals surface area (Å²) in [6, 6.07) is -0.272. The Morgan fingerprint density at radius 2 is 1.47 bits per heavy atom. The Kier molecular flexibility index (Phi) is 6.73. The van der Waals surface area contributed by atoms with Crippen molar-refractivity contribution in [3.05, 3.63) is 0 Å². The first-order chi connectivity index (χ1) is 6.55. The fourth-order valence-corrected chi connectivity index (χ4v) is 0.540. The SMILES string of the molecule is CC.CC(NC(=O)C(C)(F)F)C(C)(C)C. The summed E-state index contributed by atoms with van der Waals surface area (Å²) in [5.74, 6) is -4.51.